The van der Waals surface area contributed by atoms with Crippen LogP contribution in [0.25, 0.3) is 11.1 Å². The molecule has 0 atom stereocenters. The highest BCUT2D eigenvalue weighted by atomic mass is 19.1. The van der Waals surface area contributed by atoms with Gasteiger partial charge in [-0.05, 0) is 23.8 Å². The molecule has 0 saturated carbocycles. The van der Waals surface area contributed by atoms with Crippen LogP contribution in [0.15, 0.2) is 36.5 Å². The summed E-state index contributed by atoms with van der Waals surface area (Å²) in [7, 11) is 1.71. The van der Waals surface area contributed by atoms with E-state index >= 15 is 0 Å². The third-order valence-corrected chi connectivity index (χ3v) is 2.54. The number of rotatable bonds is 3. The van der Waals surface area contributed by atoms with Crippen LogP contribution in [0.5, 0.6) is 5.88 Å². The molecule has 0 fully saturated rings. The fourth-order valence-corrected chi connectivity index (χ4v) is 1.65. The summed E-state index contributed by atoms with van der Waals surface area (Å²) in [6.07, 6.45) is 1.58. The van der Waals surface area contributed by atoms with Crippen molar-refractivity contribution in [3.63, 3.8) is 0 Å². The van der Waals surface area contributed by atoms with Gasteiger partial charge in [0, 0.05) is 25.7 Å². The van der Waals surface area contributed by atoms with E-state index in [2.05, 4.69) is 10.3 Å². The van der Waals surface area contributed by atoms with Crippen LogP contribution in [0, 0.1) is 5.82 Å². The largest absolute Gasteiger partial charge is 0.405 e. The number of hydrogen-bond donors (Lipinski definition) is 1. The first-order valence-corrected chi connectivity index (χ1v) is 5.72. The number of nitrogens with one attached hydrogen (secondary N) is 1. The van der Waals surface area contributed by atoms with Crippen LogP contribution in [0.4, 0.5) is 10.1 Å². The van der Waals surface area contributed by atoms with Gasteiger partial charge >= 0.3 is 5.97 Å². The summed E-state index contributed by atoms with van der Waals surface area (Å²) < 4.78 is 17.8. The zero-order valence-corrected chi connectivity index (χ0v) is 10.6. The quantitative estimate of drug-likeness (QED) is 0.862. The second kappa shape index (κ2) is 5.48. The molecule has 1 heterocycles. The first kappa shape index (κ1) is 13.0. The Morgan fingerprint density at radius 3 is 2.53 bits per heavy atom. The summed E-state index contributed by atoms with van der Waals surface area (Å²) in [5.41, 5.74) is 2.23. The van der Waals surface area contributed by atoms with Gasteiger partial charge in [0.05, 0.1) is 5.69 Å². The zero-order chi connectivity index (χ0) is 13.8. The van der Waals surface area contributed by atoms with Gasteiger partial charge in [-0.15, -0.1) is 0 Å². The molecule has 0 aliphatic rings. The first-order valence-electron chi connectivity index (χ1n) is 5.72. The Morgan fingerprint density at radius 1 is 1.26 bits per heavy atom. The van der Waals surface area contributed by atoms with Crippen molar-refractivity contribution >= 4 is 11.7 Å². The van der Waals surface area contributed by atoms with E-state index in [1.54, 1.807) is 31.4 Å². The van der Waals surface area contributed by atoms with Crippen LogP contribution < -0.4 is 10.1 Å². The van der Waals surface area contributed by atoms with E-state index in [1.165, 1.54) is 19.1 Å². The lowest BCUT2D eigenvalue weighted by molar-refractivity contribution is -0.132. The van der Waals surface area contributed by atoms with Gasteiger partial charge in [-0.2, -0.15) is 0 Å². The molecule has 98 valence electrons. The standard InChI is InChI=1S/C14H13FN2O2/c1-9(18)19-14-13(16-2)7-11(8-17-14)10-3-5-12(15)6-4-10/h3-8,16H,1-2H3. The van der Waals surface area contributed by atoms with Crippen molar-refractivity contribution in [2.75, 3.05) is 12.4 Å². The summed E-state index contributed by atoms with van der Waals surface area (Å²) in [6, 6.07) is 7.88. The Balaban J connectivity index is 2.38. The number of hydrogen-bond acceptors (Lipinski definition) is 4. The number of halogens is 1. The van der Waals surface area contributed by atoms with Gasteiger partial charge in [-0.3, -0.25) is 4.79 Å². The van der Waals surface area contributed by atoms with Crippen LogP contribution in [0.2, 0.25) is 0 Å². The molecule has 0 aliphatic heterocycles. The fourth-order valence-electron chi connectivity index (χ4n) is 1.65. The molecule has 1 aromatic heterocycles. The van der Waals surface area contributed by atoms with Gasteiger partial charge in [-0.1, -0.05) is 12.1 Å². The maximum atomic E-state index is 12.9. The number of nitrogens with zero attached hydrogens (tertiary/aromatic N) is 1. The molecule has 2 aromatic rings. The van der Waals surface area contributed by atoms with E-state index in [9.17, 15) is 9.18 Å². The molecule has 0 amide bonds. The molecule has 0 spiro atoms. The Bertz CT molecular complexity index is 597. The highest BCUT2D eigenvalue weighted by Gasteiger charge is 2.09. The Kier molecular flexibility index (Phi) is 3.75. The van der Waals surface area contributed by atoms with Crippen molar-refractivity contribution in [1.29, 1.82) is 0 Å². The highest BCUT2D eigenvalue weighted by molar-refractivity contribution is 5.74. The SMILES string of the molecule is CNc1cc(-c2ccc(F)cc2)cnc1OC(C)=O. The minimum absolute atomic E-state index is 0.223. The van der Waals surface area contributed by atoms with Crippen LogP contribution in [-0.2, 0) is 4.79 Å². The van der Waals surface area contributed by atoms with Crippen LogP contribution in [0.3, 0.4) is 0 Å². The van der Waals surface area contributed by atoms with E-state index in [0.29, 0.717) is 5.69 Å². The summed E-state index contributed by atoms with van der Waals surface area (Å²) >= 11 is 0. The molecule has 0 bridgehead atoms. The fraction of sp³-hybridized carbons (Fsp3) is 0.143. The monoisotopic (exact) mass is 260 g/mol. The highest BCUT2D eigenvalue weighted by Crippen LogP contribution is 2.28. The molecule has 2 rings (SSSR count). The number of esters is 1. The number of anilines is 1. The molecule has 0 aliphatic carbocycles. The van der Waals surface area contributed by atoms with Crippen molar-refractivity contribution in [2.45, 2.75) is 6.92 Å². The minimum Gasteiger partial charge on any atom is -0.405 e. The topological polar surface area (TPSA) is 51.2 Å². The number of aromatic nitrogens is 1. The molecule has 1 aromatic carbocycles. The first-order chi connectivity index (χ1) is 9.10. The lowest BCUT2D eigenvalue weighted by atomic mass is 10.1. The predicted molar refractivity (Wildman–Crippen MR) is 70.5 cm³/mol. The van der Waals surface area contributed by atoms with E-state index in [4.69, 9.17) is 4.74 Å². The van der Waals surface area contributed by atoms with Gasteiger partial charge in [0.1, 0.15) is 5.82 Å². The van der Waals surface area contributed by atoms with Crippen molar-refractivity contribution in [1.82, 2.24) is 4.98 Å². The minimum atomic E-state index is -0.432. The van der Waals surface area contributed by atoms with Crippen LogP contribution >= 0.6 is 0 Å². The summed E-state index contributed by atoms with van der Waals surface area (Å²) in [5, 5.41) is 2.91. The average molecular weight is 260 g/mol. The van der Waals surface area contributed by atoms with E-state index in [1.807, 2.05) is 0 Å². The number of pyridine rings is 1. The number of benzene rings is 1. The van der Waals surface area contributed by atoms with Crippen LogP contribution in [0.1, 0.15) is 6.92 Å². The number of ether oxygens (including phenoxy) is 1. The number of carbonyl (C=O) groups is 1. The molecule has 19 heavy (non-hydrogen) atoms. The summed E-state index contributed by atoms with van der Waals surface area (Å²) in [4.78, 5) is 15.0. The molecule has 4 nitrogen and oxygen atoms in total. The maximum Gasteiger partial charge on any atom is 0.309 e. The maximum absolute atomic E-state index is 12.9. The third-order valence-electron chi connectivity index (χ3n) is 2.54. The van der Waals surface area contributed by atoms with Gasteiger partial charge in [-0.25, -0.2) is 9.37 Å². The lowest BCUT2D eigenvalue weighted by Crippen LogP contribution is -2.06. The summed E-state index contributed by atoms with van der Waals surface area (Å²) in [6.45, 7) is 1.31. The summed E-state index contributed by atoms with van der Waals surface area (Å²) in [5.74, 6) is -0.499. The van der Waals surface area contributed by atoms with Gasteiger partial charge < -0.3 is 10.1 Å². The molecule has 0 saturated heterocycles. The predicted octanol–water partition coefficient (Wildman–Crippen LogP) is 2.85. The Morgan fingerprint density at radius 2 is 1.95 bits per heavy atom. The van der Waals surface area contributed by atoms with Gasteiger partial charge in [0.15, 0.2) is 0 Å². The second-order valence-electron chi connectivity index (χ2n) is 3.93. The molecule has 5 heteroatoms. The molecule has 0 unspecified atom stereocenters. The van der Waals surface area contributed by atoms with Crippen molar-refractivity contribution < 1.29 is 13.9 Å². The van der Waals surface area contributed by atoms with Crippen molar-refractivity contribution in [3.05, 3.63) is 42.3 Å². The van der Waals surface area contributed by atoms with E-state index < -0.39 is 5.97 Å². The number of carbonyl (C=O) groups excluding carboxylic acids is 1. The van der Waals surface area contributed by atoms with Gasteiger partial charge in [0.2, 0.25) is 5.88 Å². The smallest absolute Gasteiger partial charge is 0.309 e. The zero-order valence-electron chi connectivity index (χ0n) is 10.6. The average Bonchev–Trinajstić information content (AvgIpc) is 2.39. The Hall–Kier alpha value is -2.43. The third kappa shape index (κ3) is 3.07. The van der Waals surface area contributed by atoms with Gasteiger partial charge in [0.25, 0.3) is 0 Å². The normalized spacial score (nSPS) is 10.1. The molecular weight excluding hydrogens is 247 g/mol. The molecule has 1 N–H and O–H groups in total. The van der Waals surface area contributed by atoms with E-state index in [-0.39, 0.29) is 11.7 Å². The van der Waals surface area contributed by atoms with E-state index in [0.717, 1.165) is 11.1 Å². The molecular formula is C14H13FN2O2. The lowest BCUT2D eigenvalue weighted by Gasteiger charge is -2.09. The van der Waals surface area contributed by atoms with Crippen molar-refractivity contribution in [2.24, 2.45) is 0 Å². The Labute approximate surface area is 110 Å². The second-order valence-corrected chi connectivity index (χ2v) is 3.93. The van der Waals surface area contributed by atoms with Crippen LogP contribution in [-0.4, -0.2) is 18.0 Å². The molecule has 0 radical (unpaired) electrons. The van der Waals surface area contributed by atoms with Crippen molar-refractivity contribution in [3.8, 4) is 17.0 Å².